The molecule has 0 aliphatic rings. The van der Waals surface area contributed by atoms with Gasteiger partial charge in [0.2, 0.25) is 0 Å². The Hall–Kier alpha value is -1.96. The molecule has 0 N–H and O–H groups in total. The Balaban J connectivity index is 2.71. The smallest absolute Gasteiger partial charge is 0.130 e. The molecule has 0 amide bonds. The Labute approximate surface area is 134 Å². The lowest BCUT2D eigenvalue weighted by Crippen LogP contribution is -1.98. The molecule has 118 valence electrons. The first kappa shape index (κ1) is 16.4. The monoisotopic (exact) mass is 298 g/mol. The van der Waals surface area contributed by atoms with E-state index in [1.54, 1.807) is 14.2 Å². The average Bonchev–Trinajstić information content (AvgIpc) is 2.53. The summed E-state index contributed by atoms with van der Waals surface area (Å²) >= 11 is 0. The van der Waals surface area contributed by atoms with Gasteiger partial charge in [0, 0.05) is 0 Å². The third kappa shape index (κ3) is 3.27. The summed E-state index contributed by atoms with van der Waals surface area (Å²) in [7, 11) is 3.40. The molecular formula is C20H26O2. The van der Waals surface area contributed by atoms with Gasteiger partial charge in [0.15, 0.2) is 0 Å². The lowest BCUT2D eigenvalue weighted by molar-refractivity contribution is 0.397. The van der Waals surface area contributed by atoms with Crippen molar-refractivity contribution in [3.05, 3.63) is 47.5 Å². The lowest BCUT2D eigenvalue weighted by Gasteiger charge is -2.18. The quantitative estimate of drug-likeness (QED) is 0.713. The van der Waals surface area contributed by atoms with Crippen molar-refractivity contribution in [2.45, 2.75) is 39.5 Å². The summed E-state index contributed by atoms with van der Waals surface area (Å²) in [4.78, 5) is 0. The van der Waals surface area contributed by atoms with Crippen LogP contribution >= 0.6 is 0 Å². The molecule has 0 atom stereocenters. The van der Waals surface area contributed by atoms with E-state index in [2.05, 4.69) is 45.9 Å². The van der Waals surface area contributed by atoms with Gasteiger partial charge in [-0.15, -0.1) is 0 Å². The minimum absolute atomic E-state index is 0.484. The molecule has 2 aromatic rings. The van der Waals surface area contributed by atoms with E-state index in [0.717, 1.165) is 22.6 Å². The molecule has 2 heteroatoms. The molecular weight excluding hydrogens is 272 g/mol. The molecule has 0 saturated heterocycles. The van der Waals surface area contributed by atoms with E-state index in [1.165, 1.54) is 11.1 Å². The molecule has 0 unspecified atom stereocenters. The van der Waals surface area contributed by atoms with Crippen LogP contribution in [0.5, 0.6) is 11.5 Å². The Bertz CT molecular complexity index is 594. The molecule has 2 rings (SSSR count). The van der Waals surface area contributed by atoms with E-state index in [1.807, 2.05) is 18.2 Å². The molecule has 0 radical (unpaired) electrons. The predicted octanol–water partition coefficient (Wildman–Crippen LogP) is 5.62. The summed E-state index contributed by atoms with van der Waals surface area (Å²) in [5, 5.41) is 0. The zero-order valence-corrected chi connectivity index (χ0v) is 14.4. The zero-order chi connectivity index (χ0) is 16.3. The molecule has 0 aromatic heterocycles. The number of hydrogen-bond donors (Lipinski definition) is 0. The fourth-order valence-corrected chi connectivity index (χ4v) is 2.62. The maximum atomic E-state index is 5.56. The number of benzene rings is 2. The molecule has 0 aliphatic heterocycles. The highest BCUT2D eigenvalue weighted by Gasteiger charge is 2.15. The molecule has 0 saturated carbocycles. The SMILES string of the molecule is COc1cccc(OC)c1-c1cc(C(C)C)cc(C(C)C)c1. The second-order valence-electron chi connectivity index (χ2n) is 6.24. The number of hydrogen-bond acceptors (Lipinski definition) is 2. The Kier molecular flexibility index (Phi) is 5.12. The van der Waals surface area contributed by atoms with Crippen LogP contribution in [-0.4, -0.2) is 14.2 Å². The molecule has 2 nitrogen and oxygen atoms in total. The van der Waals surface area contributed by atoms with Crippen molar-refractivity contribution in [1.82, 2.24) is 0 Å². The Morgan fingerprint density at radius 2 is 1.18 bits per heavy atom. The molecule has 0 spiro atoms. The molecule has 0 heterocycles. The predicted molar refractivity (Wildman–Crippen MR) is 93.2 cm³/mol. The molecule has 0 aliphatic carbocycles. The summed E-state index contributed by atoms with van der Waals surface area (Å²) in [6.45, 7) is 8.90. The van der Waals surface area contributed by atoms with Crippen LogP contribution in [-0.2, 0) is 0 Å². The number of ether oxygens (including phenoxy) is 2. The third-order valence-electron chi connectivity index (χ3n) is 4.03. The topological polar surface area (TPSA) is 18.5 Å². The van der Waals surface area contributed by atoms with Gasteiger partial charge < -0.3 is 9.47 Å². The van der Waals surface area contributed by atoms with Crippen LogP contribution < -0.4 is 9.47 Å². The molecule has 0 bridgehead atoms. The van der Waals surface area contributed by atoms with E-state index in [4.69, 9.17) is 9.47 Å². The minimum Gasteiger partial charge on any atom is -0.496 e. The van der Waals surface area contributed by atoms with Crippen molar-refractivity contribution in [3.8, 4) is 22.6 Å². The summed E-state index contributed by atoms with van der Waals surface area (Å²) in [6.07, 6.45) is 0. The van der Waals surface area contributed by atoms with Crippen molar-refractivity contribution in [3.63, 3.8) is 0 Å². The largest absolute Gasteiger partial charge is 0.496 e. The van der Waals surface area contributed by atoms with Gasteiger partial charge in [0.1, 0.15) is 11.5 Å². The first-order valence-corrected chi connectivity index (χ1v) is 7.84. The van der Waals surface area contributed by atoms with Crippen LogP contribution in [0.4, 0.5) is 0 Å². The van der Waals surface area contributed by atoms with E-state index in [-0.39, 0.29) is 0 Å². The summed E-state index contributed by atoms with van der Waals surface area (Å²) in [6, 6.07) is 12.7. The van der Waals surface area contributed by atoms with Crippen LogP contribution in [0.2, 0.25) is 0 Å². The van der Waals surface area contributed by atoms with E-state index < -0.39 is 0 Å². The van der Waals surface area contributed by atoms with Gasteiger partial charge >= 0.3 is 0 Å². The van der Waals surface area contributed by atoms with Crippen molar-refractivity contribution in [2.75, 3.05) is 14.2 Å². The Morgan fingerprint density at radius 1 is 0.727 bits per heavy atom. The summed E-state index contributed by atoms with van der Waals surface area (Å²) in [5.74, 6) is 2.65. The third-order valence-corrected chi connectivity index (χ3v) is 4.03. The highest BCUT2D eigenvalue weighted by atomic mass is 16.5. The Morgan fingerprint density at radius 3 is 1.55 bits per heavy atom. The first-order chi connectivity index (χ1) is 10.5. The van der Waals surface area contributed by atoms with Gasteiger partial charge in [0.25, 0.3) is 0 Å². The maximum absolute atomic E-state index is 5.56. The van der Waals surface area contributed by atoms with Crippen LogP contribution in [0.15, 0.2) is 36.4 Å². The van der Waals surface area contributed by atoms with Crippen LogP contribution in [0, 0.1) is 0 Å². The normalized spacial score (nSPS) is 11.1. The second-order valence-corrected chi connectivity index (χ2v) is 6.24. The van der Waals surface area contributed by atoms with Gasteiger partial charge in [-0.05, 0) is 40.7 Å². The van der Waals surface area contributed by atoms with E-state index >= 15 is 0 Å². The average molecular weight is 298 g/mol. The van der Waals surface area contributed by atoms with Crippen LogP contribution in [0.3, 0.4) is 0 Å². The number of rotatable bonds is 5. The number of methoxy groups -OCH3 is 2. The molecule has 0 fully saturated rings. The van der Waals surface area contributed by atoms with Gasteiger partial charge in [-0.3, -0.25) is 0 Å². The van der Waals surface area contributed by atoms with Gasteiger partial charge in [-0.1, -0.05) is 52.0 Å². The standard InChI is InChI=1S/C20H26O2/c1-13(2)15-10-16(14(3)4)12-17(11-15)20-18(21-5)8-7-9-19(20)22-6/h7-14H,1-6H3. The summed E-state index contributed by atoms with van der Waals surface area (Å²) in [5.41, 5.74) is 4.87. The van der Waals surface area contributed by atoms with Gasteiger partial charge in [-0.2, -0.15) is 0 Å². The van der Waals surface area contributed by atoms with Crippen molar-refractivity contribution >= 4 is 0 Å². The second kappa shape index (κ2) is 6.87. The van der Waals surface area contributed by atoms with Crippen molar-refractivity contribution in [2.24, 2.45) is 0 Å². The lowest BCUT2D eigenvalue weighted by atomic mass is 9.90. The van der Waals surface area contributed by atoms with Crippen molar-refractivity contribution < 1.29 is 9.47 Å². The maximum Gasteiger partial charge on any atom is 0.130 e. The fourth-order valence-electron chi connectivity index (χ4n) is 2.62. The highest BCUT2D eigenvalue weighted by Crippen LogP contribution is 2.40. The fraction of sp³-hybridized carbons (Fsp3) is 0.400. The minimum atomic E-state index is 0.484. The molecule has 22 heavy (non-hydrogen) atoms. The zero-order valence-electron chi connectivity index (χ0n) is 14.4. The van der Waals surface area contributed by atoms with Gasteiger partial charge in [0.05, 0.1) is 19.8 Å². The van der Waals surface area contributed by atoms with E-state index in [9.17, 15) is 0 Å². The van der Waals surface area contributed by atoms with E-state index in [0.29, 0.717) is 11.8 Å². The van der Waals surface area contributed by atoms with Gasteiger partial charge in [-0.25, -0.2) is 0 Å². The highest BCUT2D eigenvalue weighted by molar-refractivity contribution is 5.78. The van der Waals surface area contributed by atoms with Crippen LogP contribution in [0.1, 0.15) is 50.7 Å². The molecule has 2 aromatic carbocycles. The first-order valence-electron chi connectivity index (χ1n) is 7.84. The van der Waals surface area contributed by atoms with Crippen molar-refractivity contribution in [1.29, 1.82) is 0 Å². The summed E-state index contributed by atoms with van der Waals surface area (Å²) < 4.78 is 11.1. The van der Waals surface area contributed by atoms with Crippen LogP contribution in [0.25, 0.3) is 11.1 Å².